The molecule has 1 N–H and O–H groups in total. The number of hydrogen-bond acceptors (Lipinski definition) is 3. The number of aliphatic carboxylic acids is 1. The summed E-state index contributed by atoms with van der Waals surface area (Å²) in [6.07, 6.45) is 0.663. The van der Waals surface area contributed by atoms with Crippen molar-refractivity contribution in [2.24, 2.45) is 0 Å². The van der Waals surface area contributed by atoms with Gasteiger partial charge < -0.3 is 9.84 Å². The van der Waals surface area contributed by atoms with Gasteiger partial charge in [0, 0.05) is 6.04 Å². The quantitative estimate of drug-likeness (QED) is 0.786. The number of carbonyl (C=O) groups is 2. The Hall–Kier alpha value is -1.26. The molecule has 2 unspecified atom stereocenters. The van der Waals surface area contributed by atoms with Gasteiger partial charge in [-0.3, -0.25) is 4.90 Å². The minimum absolute atomic E-state index is 0.0732. The molecule has 0 radical (unpaired) electrons. The summed E-state index contributed by atoms with van der Waals surface area (Å²) >= 11 is 0. The van der Waals surface area contributed by atoms with E-state index in [1.54, 1.807) is 20.8 Å². The van der Waals surface area contributed by atoms with Crippen molar-refractivity contribution < 1.29 is 19.4 Å². The number of likely N-dealkylation sites (tertiary alicyclic amines) is 1. The van der Waals surface area contributed by atoms with Crippen molar-refractivity contribution in [3.63, 3.8) is 0 Å². The van der Waals surface area contributed by atoms with E-state index in [9.17, 15) is 9.59 Å². The lowest BCUT2D eigenvalue weighted by atomic mass is 10.2. The van der Waals surface area contributed by atoms with Crippen LogP contribution in [0.3, 0.4) is 0 Å². The molecule has 1 rings (SSSR count). The summed E-state index contributed by atoms with van der Waals surface area (Å²) in [4.78, 5) is 24.1. The molecule has 0 aliphatic carbocycles. The molecule has 0 saturated carbocycles. The molecule has 1 saturated heterocycles. The van der Waals surface area contributed by atoms with Gasteiger partial charge in [-0.2, -0.15) is 0 Å². The standard InChI is InChI=1S/C11H19NO4.C2H6/c1-7-5-6-8(9(13)14)12(7)10(15)16-11(2,3)4;1-2/h7-8H,5-6H2,1-4H3,(H,13,14);1-2H3. The molecule has 0 aromatic carbocycles. The Labute approximate surface area is 109 Å². The van der Waals surface area contributed by atoms with Crippen LogP contribution in [-0.2, 0) is 9.53 Å². The van der Waals surface area contributed by atoms with E-state index in [0.717, 1.165) is 0 Å². The molecule has 0 aromatic rings. The maximum atomic E-state index is 11.8. The molecule has 1 aliphatic heterocycles. The SMILES string of the molecule is CC.CC1CCC(C(=O)O)N1C(=O)OC(C)(C)C. The third-order valence-electron chi connectivity index (χ3n) is 2.56. The highest BCUT2D eigenvalue weighted by Gasteiger charge is 2.40. The van der Waals surface area contributed by atoms with Crippen LogP contribution in [0.15, 0.2) is 0 Å². The summed E-state index contributed by atoms with van der Waals surface area (Å²) < 4.78 is 5.20. The van der Waals surface area contributed by atoms with E-state index in [-0.39, 0.29) is 6.04 Å². The number of nitrogens with zero attached hydrogens (tertiary/aromatic N) is 1. The van der Waals surface area contributed by atoms with Crippen LogP contribution in [0.1, 0.15) is 54.4 Å². The minimum Gasteiger partial charge on any atom is -0.480 e. The van der Waals surface area contributed by atoms with Gasteiger partial charge in [-0.05, 0) is 40.5 Å². The van der Waals surface area contributed by atoms with Crippen molar-refractivity contribution in [2.75, 3.05) is 0 Å². The van der Waals surface area contributed by atoms with Crippen LogP contribution in [0.4, 0.5) is 4.79 Å². The summed E-state index contributed by atoms with van der Waals surface area (Å²) in [6.45, 7) is 11.1. The van der Waals surface area contributed by atoms with Crippen molar-refractivity contribution >= 4 is 12.1 Å². The topological polar surface area (TPSA) is 66.8 Å². The molecule has 5 nitrogen and oxygen atoms in total. The van der Waals surface area contributed by atoms with Crippen molar-refractivity contribution in [1.82, 2.24) is 4.90 Å². The lowest BCUT2D eigenvalue weighted by Crippen LogP contribution is -2.46. The lowest BCUT2D eigenvalue weighted by Gasteiger charge is -2.29. The zero-order valence-electron chi connectivity index (χ0n) is 12.2. The molecule has 5 heteroatoms. The van der Waals surface area contributed by atoms with E-state index in [2.05, 4.69) is 0 Å². The van der Waals surface area contributed by atoms with E-state index in [1.807, 2.05) is 20.8 Å². The van der Waals surface area contributed by atoms with Crippen LogP contribution >= 0.6 is 0 Å². The van der Waals surface area contributed by atoms with Crippen molar-refractivity contribution in [3.8, 4) is 0 Å². The van der Waals surface area contributed by atoms with Crippen LogP contribution < -0.4 is 0 Å². The van der Waals surface area contributed by atoms with Crippen LogP contribution in [-0.4, -0.2) is 39.8 Å². The van der Waals surface area contributed by atoms with Crippen LogP contribution in [0.2, 0.25) is 0 Å². The summed E-state index contributed by atoms with van der Waals surface area (Å²) in [5.41, 5.74) is -0.595. The van der Waals surface area contributed by atoms with E-state index in [1.165, 1.54) is 4.90 Å². The molecular weight excluding hydrogens is 234 g/mol. The molecular formula is C13H25NO4. The van der Waals surface area contributed by atoms with Crippen molar-refractivity contribution in [1.29, 1.82) is 0 Å². The fourth-order valence-electron chi connectivity index (χ4n) is 1.85. The highest BCUT2D eigenvalue weighted by Crippen LogP contribution is 2.26. The van der Waals surface area contributed by atoms with Crippen molar-refractivity contribution in [3.05, 3.63) is 0 Å². The summed E-state index contributed by atoms with van der Waals surface area (Å²) in [7, 11) is 0. The number of carboxylic acid groups (broad SMARTS) is 1. The Bertz CT molecular complexity index is 296. The largest absolute Gasteiger partial charge is 0.480 e. The van der Waals surface area contributed by atoms with Gasteiger partial charge in [0.05, 0.1) is 0 Å². The first-order valence-corrected chi connectivity index (χ1v) is 6.46. The third-order valence-corrected chi connectivity index (χ3v) is 2.56. The van der Waals surface area contributed by atoms with E-state index in [4.69, 9.17) is 9.84 Å². The normalized spacial score (nSPS) is 23.1. The van der Waals surface area contributed by atoms with Gasteiger partial charge >= 0.3 is 12.1 Å². The highest BCUT2D eigenvalue weighted by atomic mass is 16.6. The zero-order valence-corrected chi connectivity index (χ0v) is 12.2. The second kappa shape index (κ2) is 6.61. The minimum atomic E-state index is -0.963. The fourth-order valence-corrected chi connectivity index (χ4v) is 1.85. The molecule has 1 heterocycles. The second-order valence-corrected chi connectivity index (χ2v) is 5.17. The predicted octanol–water partition coefficient (Wildman–Crippen LogP) is 2.89. The number of amides is 1. The van der Waals surface area contributed by atoms with Crippen LogP contribution in [0, 0.1) is 0 Å². The van der Waals surface area contributed by atoms with Gasteiger partial charge in [0.15, 0.2) is 0 Å². The number of carboxylic acids is 1. The smallest absolute Gasteiger partial charge is 0.411 e. The molecule has 0 aromatic heterocycles. The molecule has 1 amide bonds. The van der Waals surface area contributed by atoms with Gasteiger partial charge in [0.2, 0.25) is 0 Å². The maximum Gasteiger partial charge on any atom is 0.411 e. The molecule has 18 heavy (non-hydrogen) atoms. The second-order valence-electron chi connectivity index (χ2n) is 5.17. The van der Waals surface area contributed by atoms with Crippen molar-refractivity contribution in [2.45, 2.75) is 72.1 Å². The molecule has 106 valence electrons. The maximum absolute atomic E-state index is 11.8. The first-order valence-electron chi connectivity index (χ1n) is 6.46. The fraction of sp³-hybridized carbons (Fsp3) is 0.846. The monoisotopic (exact) mass is 259 g/mol. The van der Waals surface area contributed by atoms with Crippen LogP contribution in [0.5, 0.6) is 0 Å². The van der Waals surface area contributed by atoms with E-state index >= 15 is 0 Å². The van der Waals surface area contributed by atoms with Crippen LogP contribution in [0.25, 0.3) is 0 Å². The Kier molecular flexibility index (Phi) is 6.15. The summed E-state index contributed by atoms with van der Waals surface area (Å²) in [5.74, 6) is -0.963. The van der Waals surface area contributed by atoms with Gasteiger partial charge in [-0.1, -0.05) is 13.8 Å². The first kappa shape index (κ1) is 16.7. The molecule has 1 aliphatic rings. The molecule has 0 bridgehead atoms. The number of ether oxygens (including phenoxy) is 1. The average molecular weight is 259 g/mol. The first-order chi connectivity index (χ1) is 8.22. The van der Waals surface area contributed by atoms with Gasteiger partial charge in [-0.15, -0.1) is 0 Å². The van der Waals surface area contributed by atoms with E-state index in [0.29, 0.717) is 12.8 Å². The Morgan fingerprint density at radius 1 is 1.22 bits per heavy atom. The average Bonchev–Trinajstić information content (AvgIpc) is 2.60. The molecule has 1 fully saturated rings. The Balaban J connectivity index is 0.00000137. The number of hydrogen-bond donors (Lipinski definition) is 1. The summed E-state index contributed by atoms with van der Waals surface area (Å²) in [5, 5.41) is 9.00. The predicted molar refractivity (Wildman–Crippen MR) is 69.5 cm³/mol. The molecule has 2 atom stereocenters. The lowest BCUT2D eigenvalue weighted by molar-refractivity contribution is -0.142. The number of carbonyl (C=O) groups excluding carboxylic acids is 1. The summed E-state index contributed by atoms with van der Waals surface area (Å²) in [6, 6.07) is -0.819. The van der Waals surface area contributed by atoms with Gasteiger partial charge in [0.1, 0.15) is 11.6 Å². The van der Waals surface area contributed by atoms with E-state index < -0.39 is 23.7 Å². The Morgan fingerprint density at radius 2 is 1.72 bits per heavy atom. The molecule has 0 spiro atoms. The zero-order chi connectivity index (χ0) is 14.5. The highest BCUT2D eigenvalue weighted by molar-refractivity contribution is 5.81. The van der Waals surface area contributed by atoms with Gasteiger partial charge in [0.25, 0.3) is 0 Å². The van der Waals surface area contributed by atoms with Gasteiger partial charge in [-0.25, -0.2) is 9.59 Å². The number of rotatable bonds is 1. The third kappa shape index (κ3) is 4.55. The Morgan fingerprint density at radius 3 is 2.11 bits per heavy atom.